The first-order valence-corrected chi connectivity index (χ1v) is 11.6. The largest absolute Gasteiger partial charge is 0.375 e. The van der Waals surface area contributed by atoms with Gasteiger partial charge in [0, 0.05) is 31.6 Å². The number of aliphatic hydroxyl groups is 1. The van der Waals surface area contributed by atoms with Crippen LogP contribution in [0.2, 0.25) is 0 Å². The predicted octanol–water partition coefficient (Wildman–Crippen LogP) is 4.00. The van der Waals surface area contributed by atoms with E-state index in [9.17, 15) is 9.90 Å². The van der Waals surface area contributed by atoms with Crippen LogP contribution in [0.1, 0.15) is 63.9 Å². The lowest BCUT2D eigenvalue weighted by Crippen LogP contribution is -2.54. The highest BCUT2D eigenvalue weighted by molar-refractivity contribution is 5.87. The second-order valence-corrected chi connectivity index (χ2v) is 9.48. The highest BCUT2D eigenvalue weighted by Gasteiger charge is 2.46. The Morgan fingerprint density at radius 1 is 1.10 bits per heavy atom. The first kappa shape index (κ1) is 20.6. The summed E-state index contributed by atoms with van der Waals surface area (Å²) >= 11 is 0. The second kappa shape index (κ2) is 9.01. The van der Waals surface area contributed by atoms with Gasteiger partial charge < -0.3 is 10.4 Å². The summed E-state index contributed by atoms with van der Waals surface area (Å²) in [5.41, 5.74) is 0.920. The van der Waals surface area contributed by atoms with Crippen molar-refractivity contribution < 1.29 is 9.90 Å². The maximum Gasteiger partial charge on any atom is 0.257 e. The summed E-state index contributed by atoms with van der Waals surface area (Å²) in [6.45, 7) is 5.42. The molecule has 0 aromatic heterocycles. The normalized spacial score (nSPS) is 26.3. The summed E-state index contributed by atoms with van der Waals surface area (Å²) in [4.78, 5) is 15.9. The van der Waals surface area contributed by atoms with Crippen LogP contribution in [-0.4, -0.2) is 41.6 Å². The number of benzene rings is 1. The van der Waals surface area contributed by atoms with Gasteiger partial charge in [0.25, 0.3) is 5.91 Å². The van der Waals surface area contributed by atoms with E-state index in [-0.39, 0.29) is 17.9 Å². The molecule has 1 aromatic carbocycles. The molecule has 158 valence electrons. The highest BCUT2D eigenvalue weighted by Crippen LogP contribution is 2.41. The fourth-order valence-electron chi connectivity index (χ4n) is 5.52. The molecule has 1 aromatic rings. The molecule has 0 radical (unpaired) electrons. The molecule has 1 saturated carbocycles. The van der Waals surface area contributed by atoms with Gasteiger partial charge >= 0.3 is 0 Å². The average Bonchev–Trinajstić information content (AvgIpc) is 3.42. The first-order valence-electron chi connectivity index (χ1n) is 11.6. The number of likely N-dealkylation sites (tertiary alicyclic amines) is 1. The Bertz CT molecular complexity index is 718. The molecule has 2 unspecified atom stereocenters. The monoisotopic (exact) mass is 396 g/mol. The Hall–Kier alpha value is -1.65. The number of nitrogens with one attached hydrogen (secondary N) is 1. The van der Waals surface area contributed by atoms with E-state index in [1.807, 2.05) is 30.3 Å². The van der Waals surface area contributed by atoms with Crippen LogP contribution < -0.4 is 5.32 Å². The summed E-state index contributed by atoms with van der Waals surface area (Å²) in [7, 11) is 0. The average molecular weight is 397 g/mol. The Kier molecular flexibility index (Phi) is 6.41. The van der Waals surface area contributed by atoms with Crippen molar-refractivity contribution in [1.29, 1.82) is 0 Å². The SMILES string of the molecule is CC1C=C(CN2CCC(NC(=O)C(O)(c3ccccc3)C3CCCC3)CC2)CC1. The van der Waals surface area contributed by atoms with Crippen molar-refractivity contribution in [2.24, 2.45) is 11.8 Å². The number of carbonyl (C=O) groups excluding carboxylic acids is 1. The lowest BCUT2D eigenvalue weighted by atomic mass is 9.79. The maximum atomic E-state index is 13.3. The van der Waals surface area contributed by atoms with Crippen LogP contribution in [0.4, 0.5) is 0 Å². The highest BCUT2D eigenvalue weighted by atomic mass is 16.3. The molecule has 1 amide bonds. The molecular weight excluding hydrogens is 360 g/mol. The molecule has 4 nitrogen and oxygen atoms in total. The Labute approximate surface area is 175 Å². The van der Waals surface area contributed by atoms with Gasteiger partial charge in [0.15, 0.2) is 5.60 Å². The number of allylic oxidation sites excluding steroid dienone is 1. The van der Waals surface area contributed by atoms with Crippen molar-refractivity contribution in [3.63, 3.8) is 0 Å². The van der Waals surface area contributed by atoms with Gasteiger partial charge in [-0.05, 0) is 50.0 Å². The Balaban J connectivity index is 1.37. The molecule has 2 aliphatic carbocycles. The summed E-state index contributed by atoms with van der Waals surface area (Å²) in [5, 5.41) is 14.8. The van der Waals surface area contributed by atoms with Gasteiger partial charge in [-0.2, -0.15) is 0 Å². The Morgan fingerprint density at radius 3 is 2.41 bits per heavy atom. The van der Waals surface area contributed by atoms with E-state index < -0.39 is 5.60 Å². The van der Waals surface area contributed by atoms with Crippen LogP contribution in [0.25, 0.3) is 0 Å². The summed E-state index contributed by atoms with van der Waals surface area (Å²) in [6, 6.07) is 9.73. The van der Waals surface area contributed by atoms with Crippen LogP contribution in [0.3, 0.4) is 0 Å². The van der Waals surface area contributed by atoms with Crippen molar-refractivity contribution in [2.45, 2.75) is 69.9 Å². The van der Waals surface area contributed by atoms with Crippen molar-refractivity contribution in [3.05, 3.63) is 47.5 Å². The van der Waals surface area contributed by atoms with Gasteiger partial charge in [0.05, 0.1) is 0 Å². The van der Waals surface area contributed by atoms with E-state index in [0.717, 1.165) is 69.6 Å². The predicted molar refractivity (Wildman–Crippen MR) is 116 cm³/mol. The van der Waals surface area contributed by atoms with E-state index in [2.05, 4.69) is 23.2 Å². The molecule has 1 heterocycles. The van der Waals surface area contributed by atoms with Crippen LogP contribution in [-0.2, 0) is 10.4 Å². The van der Waals surface area contributed by atoms with Crippen molar-refractivity contribution in [2.75, 3.05) is 19.6 Å². The smallest absolute Gasteiger partial charge is 0.257 e. The molecule has 3 aliphatic rings. The topological polar surface area (TPSA) is 52.6 Å². The molecule has 0 spiro atoms. The number of amides is 1. The summed E-state index contributed by atoms with van der Waals surface area (Å²) < 4.78 is 0. The fourth-order valence-corrected chi connectivity index (χ4v) is 5.52. The number of rotatable bonds is 6. The molecule has 29 heavy (non-hydrogen) atoms. The number of hydrogen-bond acceptors (Lipinski definition) is 3. The molecule has 4 rings (SSSR count). The maximum absolute atomic E-state index is 13.3. The first-order chi connectivity index (χ1) is 14.1. The lowest BCUT2D eigenvalue weighted by molar-refractivity contribution is -0.148. The molecule has 2 fully saturated rings. The van der Waals surface area contributed by atoms with Gasteiger partial charge in [-0.3, -0.25) is 9.69 Å². The van der Waals surface area contributed by atoms with Gasteiger partial charge in [-0.25, -0.2) is 0 Å². The standard InChI is InChI=1S/C25H36N2O2/c1-19-11-12-20(17-19)18-27-15-13-23(14-16-27)26-24(28)25(29,22-9-5-6-10-22)21-7-3-2-4-8-21/h2-4,7-8,17,19,22-23,29H,5-6,9-16,18H2,1H3,(H,26,28). The quantitative estimate of drug-likeness (QED) is 0.715. The lowest BCUT2D eigenvalue weighted by Gasteiger charge is -2.37. The van der Waals surface area contributed by atoms with E-state index in [1.54, 1.807) is 5.57 Å². The third-order valence-electron chi connectivity index (χ3n) is 7.30. The van der Waals surface area contributed by atoms with Gasteiger partial charge in [0.1, 0.15) is 0 Å². The third kappa shape index (κ3) is 4.59. The zero-order chi connectivity index (χ0) is 20.3. The zero-order valence-corrected chi connectivity index (χ0v) is 17.8. The van der Waals surface area contributed by atoms with Crippen molar-refractivity contribution in [1.82, 2.24) is 10.2 Å². The van der Waals surface area contributed by atoms with E-state index in [4.69, 9.17) is 0 Å². The number of nitrogens with zero attached hydrogens (tertiary/aromatic N) is 1. The number of carbonyl (C=O) groups is 1. The van der Waals surface area contributed by atoms with Crippen molar-refractivity contribution >= 4 is 5.91 Å². The summed E-state index contributed by atoms with van der Waals surface area (Å²) in [6.07, 6.45) is 10.9. The fraction of sp³-hybridized carbons (Fsp3) is 0.640. The van der Waals surface area contributed by atoms with E-state index in [1.165, 1.54) is 12.8 Å². The van der Waals surface area contributed by atoms with Crippen LogP contribution in [0.5, 0.6) is 0 Å². The van der Waals surface area contributed by atoms with Gasteiger partial charge in [-0.1, -0.05) is 61.7 Å². The van der Waals surface area contributed by atoms with E-state index in [0.29, 0.717) is 0 Å². The molecule has 4 heteroatoms. The van der Waals surface area contributed by atoms with Crippen LogP contribution in [0, 0.1) is 11.8 Å². The number of hydrogen-bond donors (Lipinski definition) is 2. The molecule has 2 N–H and O–H groups in total. The van der Waals surface area contributed by atoms with Crippen LogP contribution >= 0.6 is 0 Å². The Morgan fingerprint density at radius 2 is 1.79 bits per heavy atom. The minimum atomic E-state index is -1.40. The minimum Gasteiger partial charge on any atom is -0.375 e. The third-order valence-corrected chi connectivity index (χ3v) is 7.30. The molecule has 2 atom stereocenters. The van der Waals surface area contributed by atoms with Crippen LogP contribution in [0.15, 0.2) is 42.0 Å². The van der Waals surface area contributed by atoms with E-state index >= 15 is 0 Å². The van der Waals surface area contributed by atoms with Gasteiger partial charge in [-0.15, -0.1) is 0 Å². The summed E-state index contributed by atoms with van der Waals surface area (Å²) in [5.74, 6) is 0.552. The number of piperidine rings is 1. The second-order valence-electron chi connectivity index (χ2n) is 9.48. The minimum absolute atomic E-state index is 0.0151. The molecule has 1 saturated heterocycles. The molecule has 1 aliphatic heterocycles. The molecule has 0 bridgehead atoms. The zero-order valence-electron chi connectivity index (χ0n) is 17.8. The van der Waals surface area contributed by atoms with Crippen molar-refractivity contribution in [3.8, 4) is 0 Å². The molecular formula is C25H36N2O2. The van der Waals surface area contributed by atoms with Gasteiger partial charge in [0.2, 0.25) is 0 Å².